The van der Waals surface area contributed by atoms with E-state index in [1.54, 1.807) is 20.8 Å². The van der Waals surface area contributed by atoms with E-state index < -0.39 is 23.9 Å². The molecule has 1 aromatic rings. The van der Waals surface area contributed by atoms with Crippen LogP contribution >= 0.6 is 0 Å². The topological polar surface area (TPSA) is 184 Å². The number of aromatic nitrogens is 1. The van der Waals surface area contributed by atoms with E-state index >= 15 is 0 Å². The Balaban J connectivity index is 2.26. The van der Waals surface area contributed by atoms with Gasteiger partial charge in [-0.15, -0.1) is 0 Å². The molecule has 2 rings (SSSR count). The van der Waals surface area contributed by atoms with Gasteiger partial charge in [0, 0.05) is 71.0 Å². The second-order valence-corrected chi connectivity index (χ2v) is 8.47. The van der Waals surface area contributed by atoms with Gasteiger partial charge in [0.05, 0.1) is 32.4 Å². The molecule has 0 bridgehead atoms. The van der Waals surface area contributed by atoms with Gasteiger partial charge in [-0.25, -0.2) is 9.78 Å². The molecule has 36 heavy (non-hydrogen) atoms. The maximum Gasteiger partial charge on any atom is 0.354 e. The normalized spacial score (nSPS) is 17.6. The number of hydrogen-bond acceptors (Lipinski definition) is 10. The highest BCUT2D eigenvalue weighted by atomic mass is 16.5. The maximum absolute atomic E-state index is 11.5. The van der Waals surface area contributed by atoms with Crippen molar-refractivity contribution in [2.45, 2.75) is 6.54 Å². The molecule has 14 nitrogen and oxygen atoms in total. The summed E-state index contributed by atoms with van der Waals surface area (Å²) in [4.78, 5) is 56.7. The Kier molecular flexibility index (Phi) is 11.5. The number of methoxy groups -OCH3 is 1. The van der Waals surface area contributed by atoms with Gasteiger partial charge >= 0.3 is 23.9 Å². The molecule has 0 radical (unpaired) electrons. The van der Waals surface area contributed by atoms with Crippen LogP contribution in [0.3, 0.4) is 0 Å². The predicted octanol–water partition coefficient (Wildman–Crippen LogP) is -1.24. The van der Waals surface area contributed by atoms with Crippen molar-refractivity contribution in [1.82, 2.24) is 24.6 Å². The molecule has 1 saturated heterocycles. The summed E-state index contributed by atoms with van der Waals surface area (Å²) in [6.07, 6.45) is 0. The Morgan fingerprint density at radius 3 is 1.44 bits per heavy atom. The SMILES string of the molecule is COc1cc(CN2CCN(CC(=O)O)CCN(CC(=O)O)CCN(CC(=O)O)CC2)nc(C(=O)O)c1. The highest BCUT2D eigenvalue weighted by molar-refractivity contribution is 5.85. The highest BCUT2D eigenvalue weighted by Crippen LogP contribution is 2.16. The van der Waals surface area contributed by atoms with E-state index in [1.807, 2.05) is 4.90 Å². The van der Waals surface area contributed by atoms with Gasteiger partial charge in [0.2, 0.25) is 0 Å². The van der Waals surface area contributed by atoms with Gasteiger partial charge in [-0.1, -0.05) is 0 Å². The van der Waals surface area contributed by atoms with Crippen molar-refractivity contribution in [2.75, 3.05) is 79.1 Å². The van der Waals surface area contributed by atoms with Crippen LogP contribution in [0.5, 0.6) is 5.75 Å². The number of carboxylic acid groups (broad SMARTS) is 4. The Labute approximate surface area is 208 Å². The smallest absolute Gasteiger partial charge is 0.354 e. The largest absolute Gasteiger partial charge is 0.497 e. The van der Waals surface area contributed by atoms with Crippen LogP contribution in [0.2, 0.25) is 0 Å². The first-order chi connectivity index (χ1) is 17.0. The van der Waals surface area contributed by atoms with E-state index in [-0.39, 0.29) is 31.9 Å². The molecule has 4 N–H and O–H groups in total. The Morgan fingerprint density at radius 1 is 0.722 bits per heavy atom. The first-order valence-electron chi connectivity index (χ1n) is 11.4. The van der Waals surface area contributed by atoms with Crippen LogP contribution in [0.4, 0.5) is 0 Å². The molecular weight excluding hydrogens is 478 g/mol. The third kappa shape index (κ3) is 10.5. The molecule has 2 heterocycles. The Bertz CT molecular complexity index is 897. The Hall–Kier alpha value is -3.33. The summed E-state index contributed by atoms with van der Waals surface area (Å²) in [5.74, 6) is -3.90. The lowest BCUT2D eigenvalue weighted by molar-refractivity contribution is -0.140. The van der Waals surface area contributed by atoms with Gasteiger partial charge in [-0.2, -0.15) is 0 Å². The van der Waals surface area contributed by atoms with Gasteiger partial charge < -0.3 is 25.2 Å². The van der Waals surface area contributed by atoms with E-state index in [0.29, 0.717) is 63.8 Å². The van der Waals surface area contributed by atoms with E-state index in [0.717, 1.165) is 0 Å². The van der Waals surface area contributed by atoms with Crippen molar-refractivity contribution in [1.29, 1.82) is 0 Å². The molecular formula is C22H33N5O9. The summed E-state index contributed by atoms with van der Waals surface area (Å²) in [6.45, 7) is 2.29. The number of carbonyl (C=O) groups is 4. The lowest BCUT2D eigenvalue weighted by Gasteiger charge is -2.33. The monoisotopic (exact) mass is 511 g/mol. The predicted molar refractivity (Wildman–Crippen MR) is 125 cm³/mol. The van der Waals surface area contributed by atoms with Crippen LogP contribution in [-0.2, 0) is 20.9 Å². The second-order valence-electron chi connectivity index (χ2n) is 8.47. The fourth-order valence-electron chi connectivity index (χ4n) is 3.88. The van der Waals surface area contributed by atoms with Crippen LogP contribution in [0.25, 0.3) is 0 Å². The van der Waals surface area contributed by atoms with Crippen LogP contribution < -0.4 is 4.74 Å². The lowest BCUT2D eigenvalue weighted by Crippen LogP contribution is -2.48. The van der Waals surface area contributed by atoms with Crippen LogP contribution in [-0.4, -0.2) is 148 Å². The third-order valence-electron chi connectivity index (χ3n) is 5.70. The number of aromatic carboxylic acids is 1. The molecule has 0 aliphatic carbocycles. The summed E-state index contributed by atoms with van der Waals surface area (Å²) in [6, 6.07) is 2.94. The number of aliphatic carboxylic acids is 3. The van der Waals surface area contributed by atoms with Crippen molar-refractivity contribution in [3.8, 4) is 5.75 Å². The van der Waals surface area contributed by atoms with Crippen molar-refractivity contribution in [3.63, 3.8) is 0 Å². The standard InChI is InChI=1S/C22H33N5O9/c1-36-17-10-16(23-18(11-17)22(34)35)12-24-2-4-25(13-19(28)29)6-8-27(15-21(32)33)9-7-26(5-3-24)14-20(30)31/h10-11H,2-9,12-15H2,1H3,(H,28,29)(H,30,31)(H,32,33)(H,34,35). The average molecular weight is 512 g/mol. The molecule has 0 aromatic carbocycles. The maximum atomic E-state index is 11.5. The summed E-state index contributed by atoms with van der Waals surface area (Å²) in [7, 11) is 1.42. The molecule has 1 aliphatic heterocycles. The summed E-state index contributed by atoms with van der Waals surface area (Å²) in [5, 5.41) is 37.2. The number of pyridine rings is 1. The average Bonchev–Trinajstić information content (AvgIpc) is 2.79. The number of rotatable bonds is 10. The first kappa shape index (κ1) is 28.9. The minimum atomic E-state index is -1.20. The van der Waals surface area contributed by atoms with E-state index in [1.165, 1.54) is 13.2 Å². The van der Waals surface area contributed by atoms with E-state index in [4.69, 9.17) is 4.74 Å². The van der Waals surface area contributed by atoms with E-state index in [2.05, 4.69) is 4.98 Å². The quantitative estimate of drug-likeness (QED) is 0.292. The second kappa shape index (κ2) is 14.3. The van der Waals surface area contributed by atoms with Crippen molar-refractivity contribution >= 4 is 23.9 Å². The van der Waals surface area contributed by atoms with Crippen LogP contribution in [0.15, 0.2) is 12.1 Å². The number of carboxylic acids is 4. The van der Waals surface area contributed by atoms with Crippen LogP contribution in [0.1, 0.15) is 16.2 Å². The molecule has 0 atom stereocenters. The molecule has 0 unspecified atom stereocenters. The summed E-state index contributed by atoms with van der Waals surface area (Å²) in [5.41, 5.74) is 0.276. The molecule has 1 fully saturated rings. The van der Waals surface area contributed by atoms with E-state index in [9.17, 15) is 39.6 Å². The van der Waals surface area contributed by atoms with Gasteiger partial charge in [0.1, 0.15) is 5.75 Å². The van der Waals surface area contributed by atoms with Gasteiger partial charge in [0.15, 0.2) is 5.69 Å². The zero-order chi connectivity index (χ0) is 26.7. The molecule has 200 valence electrons. The molecule has 1 aliphatic rings. The minimum absolute atomic E-state index is 0.169. The van der Waals surface area contributed by atoms with Crippen molar-refractivity contribution in [3.05, 3.63) is 23.5 Å². The van der Waals surface area contributed by atoms with Crippen molar-refractivity contribution in [2.24, 2.45) is 0 Å². The van der Waals surface area contributed by atoms with Gasteiger partial charge in [0.25, 0.3) is 0 Å². The molecule has 0 spiro atoms. The van der Waals surface area contributed by atoms with Crippen LogP contribution in [0, 0.1) is 0 Å². The lowest BCUT2D eigenvalue weighted by atomic mass is 10.2. The van der Waals surface area contributed by atoms with Gasteiger partial charge in [-0.3, -0.25) is 34.0 Å². The molecule has 14 heteroatoms. The fourth-order valence-corrected chi connectivity index (χ4v) is 3.88. The molecule has 0 saturated carbocycles. The fraction of sp³-hybridized carbons (Fsp3) is 0.591. The number of ether oxygens (including phenoxy) is 1. The third-order valence-corrected chi connectivity index (χ3v) is 5.70. The first-order valence-corrected chi connectivity index (χ1v) is 11.4. The molecule has 0 amide bonds. The number of hydrogen-bond donors (Lipinski definition) is 4. The minimum Gasteiger partial charge on any atom is -0.497 e. The van der Waals surface area contributed by atoms with Crippen molar-refractivity contribution < 1.29 is 44.3 Å². The highest BCUT2D eigenvalue weighted by Gasteiger charge is 2.21. The zero-order valence-electron chi connectivity index (χ0n) is 20.2. The molecule has 1 aromatic heterocycles. The zero-order valence-corrected chi connectivity index (χ0v) is 20.2. The van der Waals surface area contributed by atoms with Gasteiger partial charge in [-0.05, 0) is 0 Å². The Morgan fingerprint density at radius 2 is 1.11 bits per heavy atom. The number of nitrogens with zero attached hydrogens (tertiary/aromatic N) is 5. The summed E-state index contributed by atoms with van der Waals surface area (Å²) < 4.78 is 5.19. The summed E-state index contributed by atoms with van der Waals surface area (Å²) >= 11 is 0.